The van der Waals surface area contributed by atoms with Crippen molar-refractivity contribution < 1.29 is 9.59 Å². The highest BCUT2D eigenvalue weighted by molar-refractivity contribution is 8.04. The molecule has 162 valence electrons. The average molecular weight is 500 g/mol. The first-order chi connectivity index (χ1) is 13.7. The van der Waals surface area contributed by atoms with Crippen LogP contribution in [0.2, 0.25) is 0 Å². The number of fused-ring (bicyclic) bond motifs is 1. The topological polar surface area (TPSA) is 37.4 Å². The Balaban J connectivity index is 1.80. The van der Waals surface area contributed by atoms with Crippen LogP contribution in [0.4, 0.5) is 0 Å². The zero-order chi connectivity index (χ0) is 20.2. The highest BCUT2D eigenvalue weighted by Gasteiger charge is 2.59. The van der Waals surface area contributed by atoms with E-state index in [1.807, 2.05) is 35.3 Å². The quantitative estimate of drug-likeness (QED) is 0.197. The fourth-order valence-electron chi connectivity index (χ4n) is 3.85. The minimum atomic E-state index is -0.465. The second-order valence-electron chi connectivity index (χ2n) is 6.97. The van der Waals surface area contributed by atoms with Gasteiger partial charge >= 0.3 is 0 Å². The first kappa shape index (κ1) is 25.5. The molecule has 1 saturated carbocycles. The van der Waals surface area contributed by atoms with Crippen LogP contribution >= 0.6 is 72.3 Å². The van der Waals surface area contributed by atoms with Crippen LogP contribution in [-0.4, -0.2) is 79.8 Å². The minimum Gasteiger partial charge on any atom is -0.281 e. The van der Waals surface area contributed by atoms with E-state index in [1.165, 1.54) is 0 Å². The maximum atomic E-state index is 13.3. The van der Waals surface area contributed by atoms with E-state index in [-0.39, 0.29) is 17.7 Å². The molecule has 1 aliphatic carbocycles. The van der Waals surface area contributed by atoms with Crippen molar-refractivity contribution in [3.63, 3.8) is 0 Å². The Morgan fingerprint density at radius 2 is 1.54 bits per heavy atom. The summed E-state index contributed by atoms with van der Waals surface area (Å²) in [5.41, 5.74) is 0. The molecular weight excluding hydrogens is 467 g/mol. The number of hydrogen-bond donors (Lipinski definition) is 2. The lowest BCUT2D eigenvalue weighted by Crippen LogP contribution is -2.43. The second-order valence-corrected chi connectivity index (χ2v) is 13.0. The summed E-state index contributed by atoms with van der Waals surface area (Å²) in [4.78, 5) is 27.9. The fraction of sp³-hybridized carbons (Fsp3) is 0.895. The van der Waals surface area contributed by atoms with E-state index in [4.69, 9.17) is 0 Å². The van der Waals surface area contributed by atoms with Gasteiger partial charge in [-0.1, -0.05) is 12.8 Å². The third kappa shape index (κ3) is 7.14. The highest BCUT2D eigenvalue weighted by Crippen LogP contribution is 2.50. The Kier molecular flexibility index (Phi) is 13.1. The number of carbonyl (C=O) groups excluding carboxylic acids is 2. The third-order valence-corrected chi connectivity index (χ3v) is 11.3. The Bertz CT molecular complexity index is 495. The van der Waals surface area contributed by atoms with Crippen LogP contribution in [0, 0.1) is 5.92 Å². The van der Waals surface area contributed by atoms with Crippen LogP contribution in [0.15, 0.2) is 0 Å². The van der Waals surface area contributed by atoms with E-state index in [9.17, 15) is 9.59 Å². The van der Waals surface area contributed by atoms with Gasteiger partial charge in [0.15, 0.2) is 0 Å². The van der Waals surface area contributed by atoms with Crippen LogP contribution in [0.1, 0.15) is 32.1 Å². The molecule has 2 rings (SSSR count). The average Bonchev–Trinajstić information content (AvgIpc) is 2.92. The lowest BCUT2D eigenvalue weighted by atomic mass is 9.80. The molecule has 2 atom stereocenters. The summed E-state index contributed by atoms with van der Waals surface area (Å²) < 4.78 is -0.465. The number of thiol groups is 2. The van der Waals surface area contributed by atoms with Gasteiger partial charge in [-0.2, -0.15) is 60.5 Å². The predicted octanol–water partition coefficient (Wildman–Crippen LogP) is 4.47. The molecule has 0 aromatic carbocycles. The maximum Gasteiger partial charge on any atom is 0.246 e. The molecule has 0 aromatic heterocycles. The molecule has 0 aromatic rings. The number of likely N-dealkylation sites (tertiary alicyclic amines) is 1. The Hall–Kier alpha value is 1.24. The van der Waals surface area contributed by atoms with Crippen molar-refractivity contribution in [2.75, 3.05) is 58.3 Å². The van der Waals surface area contributed by atoms with Crippen LogP contribution in [0.3, 0.4) is 0 Å². The number of rotatable bonds is 15. The zero-order valence-electron chi connectivity index (χ0n) is 16.5. The largest absolute Gasteiger partial charge is 0.281 e. The van der Waals surface area contributed by atoms with Gasteiger partial charge in [-0.05, 0) is 36.5 Å². The molecule has 1 saturated heterocycles. The molecule has 0 bridgehead atoms. The summed E-state index contributed by atoms with van der Waals surface area (Å²) >= 11 is 16.0. The van der Waals surface area contributed by atoms with Gasteiger partial charge in [0.1, 0.15) is 4.75 Å². The number of amides is 2. The van der Waals surface area contributed by atoms with E-state index in [2.05, 4.69) is 25.3 Å². The van der Waals surface area contributed by atoms with Crippen LogP contribution in [0.5, 0.6) is 0 Å². The molecule has 3 nitrogen and oxygen atoms in total. The molecule has 2 unspecified atom stereocenters. The molecule has 0 radical (unpaired) electrons. The van der Waals surface area contributed by atoms with Crippen LogP contribution in [-0.2, 0) is 9.59 Å². The van der Waals surface area contributed by atoms with E-state index in [1.54, 1.807) is 16.7 Å². The Morgan fingerprint density at radius 1 is 0.893 bits per heavy atom. The van der Waals surface area contributed by atoms with Gasteiger partial charge in [-0.25, -0.2) is 0 Å². The predicted molar refractivity (Wildman–Crippen MR) is 138 cm³/mol. The standard InChI is InChI=1S/C19H33NO2S6/c21-17-16-4-1-2-5-19(16,28-15-14-27-11-8-24)18(22)20(17)6-3-9-25-12-13-26-10-7-23/h16,23-24H,1-15H2. The molecule has 2 aliphatic rings. The number of thioether (sulfide) groups is 4. The first-order valence-corrected chi connectivity index (χ1v) is 15.8. The van der Waals surface area contributed by atoms with E-state index >= 15 is 0 Å². The summed E-state index contributed by atoms with van der Waals surface area (Å²) in [6, 6.07) is 0. The van der Waals surface area contributed by atoms with E-state index < -0.39 is 4.75 Å². The third-order valence-electron chi connectivity index (χ3n) is 5.13. The minimum absolute atomic E-state index is 0.0843. The number of nitrogens with zero attached hydrogens (tertiary/aromatic N) is 1. The lowest BCUT2D eigenvalue weighted by molar-refractivity contribution is -0.139. The summed E-state index contributed by atoms with van der Waals surface area (Å²) in [6.07, 6.45) is 4.81. The van der Waals surface area contributed by atoms with Gasteiger partial charge in [0.2, 0.25) is 11.8 Å². The molecule has 1 heterocycles. The van der Waals surface area contributed by atoms with Crippen molar-refractivity contribution in [1.82, 2.24) is 4.90 Å². The normalized spacial score (nSPS) is 24.8. The maximum absolute atomic E-state index is 13.3. The molecule has 1 aliphatic heterocycles. The van der Waals surface area contributed by atoms with Crippen LogP contribution in [0.25, 0.3) is 0 Å². The molecule has 2 fully saturated rings. The molecular formula is C19H33NO2S6. The van der Waals surface area contributed by atoms with Crippen molar-refractivity contribution in [3.05, 3.63) is 0 Å². The Labute approximate surface area is 198 Å². The van der Waals surface area contributed by atoms with Gasteiger partial charge in [-0.15, -0.1) is 11.8 Å². The van der Waals surface area contributed by atoms with Gasteiger partial charge < -0.3 is 0 Å². The number of hydrogen-bond acceptors (Lipinski definition) is 8. The first-order valence-electron chi connectivity index (χ1n) is 10.1. The van der Waals surface area contributed by atoms with Gasteiger partial charge in [0.25, 0.3) is 0 Å². The summed E-state index contributed by atoms with van der Waals surface area (Å²) in [7, 11) is 0. The smallest absolute Gasteiger partial charge is 0.246 e. The SMILES string of the molecule is O=C1C2CCCCC2(SCCSCCS)C(=O)N1CCCSCCSCCS. The monoisotopic (exact) mass is 499 g/mol. The summed E-state index contributed by atoms with van der Waals surface area (Å²) in [6.45, 7) is 0.599. The van der Waals surface area contributed by atoms with Crippen molar-refractivity contribution in [2.24, 2.45) is 5.92 Å². The summed E-state index contributed by atoms with van der Waals surface area (Å²) in [5.74, 6) is 9.39. The molecule has 9 heteroatoms. The fourth-order valence-corrected chi connectivity index (χ4v) is 8.88. The van der Waals surface area contributed by atoms with Gasteiger partial charge in [-0.3, -0.25) is 14.5 Å². The summed E-state index contributed by atoms with van der Waals surface area (Å²) in [5, 5.41) is 0. The van der Waals surface area contributed by atoms with E-state index in [0.29, 0.717) is 6.54 Å². The van der Waals surface area contributed by atoms with Crippen molar-refractivity contribution in [1.29, 1.82) is 0 Å². The van der Waals surface area contributed by atoms with Crippen molar-refractivity contribution >= 4 is 84.1 Å². The van der Waals surface area contributed by atoms with Crippen molar-refractivity contribution in [3.8, 4) is 0 Å². The molecule has 28 heavy (non-hydrogen) atoms. The van der Waals surface area contributed by atoms with Gasteiger partial charge in [0.05, 0.1) is 5.92 Å². The number of carbonyl (C=O) groups is 2. The lowest BCUT2D eigenvalue weighted by Gasteiger charge is -2.34. The molecule has 0 spiro atoms. The molecule has 0 N–H and O–H groups in total. The zero-order valence-corrected chi connectivity index (χ0v) is 21.5. The van der Waals surface area contributed by atoms with Crippen LogP contribution < -0.4 is 0 Å². The number of imide groups is 1. The highest BCUT2D eigenvalue weighted by atomic mass is 32.2. The van der Waals surface area contributed by atoms with E-state index in [0.717, 1.165) is 83.9 Å². The van der Waals surface area contributed by atoms with Gasteiger partial charge in [0, 0.05) is 41.1 Å². The Morgan fingerprint density at radius 3 is 2.21 bits per heavy atom. The molecule has 2 amide bonds. The van der Waals surface area contributed by atoms with Crippen molar-refractivity contribution in [2.45, 2.75) is 36.9 Å². The second kappa shape index (κ2) is 14.3.